The van der Waals surface area contributed by atoms with Crippen LogP contribution in [0.3, 0.4) is 0 Å². The van der Waals surface area contributed by atoms with E-state index in [1.54, 1.807) is 0 Å². The predicted molar refractivity (Wildman–Crippen MR) is 183 cm³/mol. The third-order valence-electron chi connectivity index (χ3n) is 9.39. The minimum absolute atomic E-state index is 0.251. The zero-order valence-electron chi connectivity index (χ0n) is 26.7. The normalized spacial score (nSPS) is 13.0. The van der Waals surface area contributed by atoms with E-state index in [9.17, 15) is 0 Å². The molecule has 0 aliphatic rings. The third-order valence-corrected chi connectivity index (χ3v) is 9.39. The summed E-state index contributed by atoms with van der Waals surface area (Å²) in [4.78, 5) is 5.50. The van der Waals surface area contributed by atoms with Crippen LogP contribution in [0.5, 0.6) is 0 Å². The van der Waals surface area contributed by atoms with Gasteiger partial charge in [0.25, 0.3) is 0 Å². The molecule has 0 amide bonds. The van der Waals surface area contributed by atoms with Crippen molar-refractivity contribution in [1.82, 2.24) is 4.98 Å². The summed E-state index contributed by atoms with van der Waals surface area (Å²) in [5.74, 6) is 0. The van der Waals surface area contributed by atoms with Crippen molar-refractivity contribution in [2.75, 3.05) is 0 Å². The van der Waals surface area contributed by atoms with E-state index in [1.165, 1.54) is 50.2 Å². The van der Waals surface area contributed by atoms with Gasteiger partial charge >= 0.3 is 0 Å². The summed E-state index contributed by atoms with van der Waals surface area (Å²) in [5, 5.41) is 0. The largest absolute Gasteiger partial charge is 0.255 e. The first kappa shape index (κ1) is 29.3. The fourth-order valence-corrected chi connectivity index (χ4v) is 6.75. The predicted octanol–water partition coefficient (Wildman–Crippen LogP) is 9.54. The lowest BCUT2D eigenvalue weighted by atomic mass is 9.72. The molecule has 0 saturated heterocycles. The zero-order valence-corrected chi connectivity index (χ0v) is 26.7. The Kier molecular flexibility index (Phi) is 7.78. The van der Waals surface area contributed by atoms with Gasteiger partial charge < -0.3 is 0 Å². The standard InChI is InChI=1S/C42H41N2/c1-30-15-10-11-18-36(30)41(3,4)38-19-14-20-39(43-38)42(5,40-21-12-13-28-44(40)6)37-29-35(23-22-31(37)2)34-26-24-33(25-27-34)32-16-8-7-9-17-32/h7-29H,1-6H3/q+1. The molecule has 0 radical (unpaired) electrons. The van der Waals surface area contributed by atoms with Crippen LogP contribution in [-0.4, -0.2) is 4.98 Å². The molecule has 6 aromatic rings. The lowest BCUT2D eigenvalue weighted by molar-refractivity contribution is -0.681. The zero-order chi connectivity index (χ0) is 30.9. The number of aromatic nitrogens is 2. The number of pyridine rings is 2. The highest BCUT2D eigenvalue weighted by atomic mass is 14.9. The minimum atomic E-state index is -0.502. The van der Waals surface area contributed by atoms with Gasteiger partial charge in [-0.15, -0.1) is 0 Å². The van der Waals surface area contributed by atoms with Crippen molar-refractivity contribution in [3.05, 3.63) is 179 Å². The van der Waals surface area contributed by atoms with Crippen LogP contribution in [0.2, 0.25) is 0 Å². The van der Waals surface area contributed by atoms with Crippen molar-refractivity contribution in [3.63, 3.8) is 0 Å². The average molecular weight is 574 g/mol. The van der Waals surface area contributed by atoms with Gasteiger partial charge in [0.1, 0.15) is 12.5 Å². The molecule has 1 unspecified atom stereocenters. The van der Waals surface area contributed by atoms with Crippen LogP contribution >= 0.6 is 0 Å². The summed E-state index contributed by atoms with van der Waals surface area (Å²) in [6, 6.07) is 48.0. The summed E-state index contributed by atoms with van der Waals surface area (Å²) in [7, 11) is 2.14. The first-order chi connectivity index (χ1) is 21.2. The Balaban J connectivity index is 1.50. The van der Waals surface area contributed by atoms with Gasteiger partial charge in [-0.05, 0) is 83.5 Å². The Bertz CT molecular complexity index is 1920. The average Bonchev–Trinajstić information content (AvgIpc) is 3.05. The van der Waals surface area contributed by atoms with Crippen LogP contribution in [0.25, 0.3) is 22.3 Å². The summed E-state index contributed by atoms with van der Waals surface area (Å²) in [5.41, 5.74) is 12.5. The highest BCUT2D eigenvalue weighted by molar-refractivity contribution is 5.71. The van der Waals surface area contributed by atoms with Gasteiger partial charge in [0.05, 0.1) is 11.4 Å². The topological polar surface area (TPSA) is 16.8 Å². The molecule has 0 spiro atoms. The highest BCUT2D eigenvalue weighted by Gasteiger charge is 2.41. The van der Waals surface area contributed by atoms with Crippen LogP contribution in [0.15, 0.2) is 140 Å². The van der Waals surface area contributed by atoms with E-state index in [1.807, 2.05) is 0 Å². The number of rotatable bonds is 7. The van der Waals surface area contributed by atoms with Crippen molar-refractivity contribution >= 4 is 0 Å². The first-order valence-electron chi connectivity index (χ1n) is 15.5. The van der Waals surface area contributed by atoms with E-state index in [2.05, 4.69) is 186 Å². The van der Waals surface area contributed by atoms with Gasteiger partial charge in [-0.2, -0.15) is 0 Å². The Labute approximate surface area is 262 Å². The summed E-state index contributed by atoms with van der Waals surface area (Å²) in [6.07, 6.45) is 2.14. The molecule has 6 rings (SSSR count). The molecule has 218 valence electrons. The summed E-state index contributed by atoms with van der Waals surface area (Å²) < 4.78 is 2.24. The fraction of sp³-hybridized carbons (Fsp3) is 0.190. The van der Waals surface area contributed by atoms with Gasteiger partial charge in [-0.1, -0.05) is 117 Å². The van der Waals surface area contributed by atoms with E-state index < -0.39 is 5.41 Å². The van der Waals surface area contributed by atoms with Crippen molar-refractivity contribution in [1.29, 1.82) is 0 Å². The Morgan fingerprint density at radius 2 is 1.07 bits per heavy atom. The molecule has 4 aromatic carbocycles. The molecule has 1 atom stereocenters. The number of hydrogen-bond donors (Lipinski definition) is 0. The van der Waals surface area contributed by atoms with Crippen molar-refractivity contribution in [2.24, 2.45) is 7.05 Å². The van der Waals surface area contributed by atoms with E-state index >= 15 is 0 Å². The van der Waals surface area contributed by atoms with E-state index in [0.717, 1.165) is 11.4 Å². The van der Waals surface area contributed by atoms with E-state index in [0.29, 0.717) is 0 Å². The molecule has 2 nitrogen and oxygen atoms in total. The Hall–Kier alpha value is -4.82. The van der Waals surface area contributed by atoms with E-state index in [4.69, 9.17) is 4.98 Å². The van der Waals surface area contributed by atoms with Crippen LogP contribution in [0, 0.1) is 13.8 Å². The lowest BCUT2D eigenvalue weighted by Gasteiger charge is -2.32. The lowest BCUT2D eigenvalue weighted by Crippen LogP contribution is -2.44. The van der Waals surface area contributed by atoms with Crippen LogP contribution in [-0.2, 0) is 17.9 Å². The molecule has 2 heteroatoms. The van der Waals surface area contributed by atoms with Gasteiger partial charge in [-0.25, -0.2) is 4.57 Å². The molecular weight excluding hydrogens is 532 g/mol. The summed E-state index contributed by atoms with van der Waals surface area (Å²) >= 11 is 0. The first-order valence-corrected chi connectivity index (χ1v) is 15.5. The quantitative estimate of drug-likeness (QED) is 0.174. The third kappa shape index (κ3) is 5.26. The Morgan fingerprint density at radius 3 is 1.77 bits per heavy atom. The van der Waals surface area contributed by atoms with Crippen LogP contribution in [0.4, 0.5) is 0 Å². The molecule has 2 heterocycles. The summed E-state index contributed by atoms with van der Waals surface area (Å²) in [6.45, 7) is 11.3. The molecule has 0 aliphatic carbocycles. The molecule has 0 saturated carbocycles. The second-order valence-electron chi connectivity index (χ2n) is 12.6. The smallest absolute Gasteiger partial charge is 0.197 e. The number of benzene rings is 4. The molecule has 0 N–H and O–H groups in total. The second kappa shape index (κ2) is 11.7. The van der Waals surface area contributed by atoms with Crippen molar-refractivity contribution in [2.45, 2.75) is 45.4 Å². The molecule has 0 fully saturated rings. The maximum absolute atomic E-state index is 5.50. The fourth-order valence-electron chi connectivity index (χ4n) is 6.75. The monoisotopic (exact) mass is 573 g/mol. The Morgan fingerprint density at radius 1 is 0.500 bits per heavy atom. The maximum atomic E-state index is 5.50. The van der Waals surface area contributed by atoms with E-state index in [-0.39, 0.29) is 5.41 Å². The maximum Gasteiger partial charge on any atom is 0.197 e. The molecule has 0 bridgehead atoms. The number of aryl methyl sites for hydroxylation is 3. The molecule has 44 heavy (non-hydrogen) atoms. The van der Waals surface area contributed by atoms with Gasteiger partial charge in [0.15, 0.2) is 11.9 Å². The minimum Gasteiger partial charge on any atom is -0.255 e. The van der Waals surface area contributed by atoms with Gasteiger partial charge in [0.2, 0.25) is 0 Å². The second-order valence-corrected chi connectivity index (χ2v) is 12.6. The molecular formula is C42H41N2+. The highest BCUT2D eigenvalue weighted by Crippen LogP contribution is 2.41. The molecule has 0 aliphatic heterocycles. The molecule has 2 aromatic heterocycles. The number of hydrogen-bond acceptors (Lipinski definition) is 1. The van der Waals surface area contributed by atoms with Crippen molar-refractivity contribution in [3.8, 4) is 22.3 Å². The van der Waals surface area contributed by atoms with Gasteiger partial charge in [0, 0.05) is 17.5 Å². The SMILES string of the molecule is Cc1ccccc1C(C)(C)c1cccc(C(C)(c2cc(-c3ccc(-c4ccccc4)cc3)ccc2C)c2cccc[n+]2C)n1. The van der Waals surface area contributed by atoms with Crippen LogP contribution < -0.4 is 4.57 Å². The van der Waals surface area contributed by atoms with Crippen molar-refractivity contribution < 1.29 is 4.57 Å². The van der Waals surface area contributed by atoms with Gasteiger partial charge in [-0.3, -0.25) is 4.98 Å². The number of nitrogens with zero attached hydrogens (tertiary/aromatic N) is 2. The van der Waals surface area contributed by atoms with Crippen LogP contribution in [0.1, 0.15) is 60.1 Å².